The average Bonchev–Trinajstić information content (AvgIpc) is 2.67. The molecule has 0 aliphatic carbocycles. The quantitative estimate of drug-likeness (QED) is 0.703. The van der Waals surface area contributed by atoms with Crippen LogP contribution < -0.4 is 10.1 Å². The summed E-state index contributed by atoms with van der Waals surface area (Å²) in [7, 11) is 0. The highest BCUT2D eigenvalue weighted by atomic mass is 19.1. The van der Waals surface area contributed by atoms with E-state index >= 15 is 0 Å². The highest BCUT2D eigenvalue weighted by molar-refractivity contribution is 5.88. The number of hydrogen-bond acceptors (Lipinski definition) is 3. The molecule has 0 bridgehead atoms. The van der Waals surface area contributed by atoms with Crippen molar-refractivity contribution in [3.63, 3.8) is 0 Å². The third kappa shape index (κ3) is 6.87. The third-order valence-electron chi connectivity index (χ3n) is 4.60. The van der Waals surface area contributed by atoms with Gasteiger partial charge in [-0.25, -0.2) is 4.39 Å². The highest BCUT2D eigenvalue weighted by Crippen LogP contribution is 2.18. The van der Waals surface area contributed by atoms with Gasteiger partial charge in [-0.1, -0.05) is 37.3 Å². The van der Waals surface area contributed by atoms with E-state index in [1.165, 1.54) is 17.0 Å². The largest absolute Gasteiger partial charge is 0.484 e. The Morgan fingerprint density at radius 1 is 1.10 bits per heavy atom. The zero-order chi connectivity index (χ0) is 22.3. The van der Waals surface area contributed by atoms with Crippen molar-refractivity contribution < 1.29 is 18.7 Å². The first kappa shape index (κ1) is 23.4. The number of nitrogens with zero attached hydrogens (tertiary/aromatic N) is 1. The smallest absolute Gasteiger partial charge is 0.261 e. The van der Waals surface area contributed by atoms with E-state index in [4.69, 9.17) is 4.74 Å². The molecule has 0 saturated heterocycles. The molecule has 0 fully saturated rings. The Kier molecular flexibility index (Phi) is 7.98. The van der Waals surface area contributed by atoms with E-state index in [9.17, 15) is 14.0 Å². The first-order valence-corrected chi connectivity index (χ1v) is 10.1. The van der Waals surface area contributed by atoms with Crippen LogP contribution in [0.25, 0.3) is 0 Å². The molecule has 0 radical (unpaired) electrons. The molecule has 1 N–H and O–H groups in total. The van der Waals surface area contributed by atoms with E-state index in [1.54, 1.807) is 18.2 Å². The molecular weight excluding hydrogens is 383 g/mol. The number of amides is 2. The van der Waals surface area contributed by atoms with E-state index in [1.807, 2.05) is 52.8 Å². The molecule has 30 heavy (non-hydrogen) atoms. The number of ether oxygens (including phenoxy) is 1. The molecule has 0 aliphatic heterocycles. The molecule has 5 nitrogen and oxygen atoms in total. The lowest BCUT2D eigenvalue weighted by Crippen LogP contribution is -2.54. The van der Waals surface area contributed by atoms with Gasteiger partial charge in [0.2, 0.25) is 5.91 Å². The Morgan fingerprint density at radius 3 is 2.30 bits per heavy atom. The standard InChI is InChI=1S/C24H31FN2O3/c1-6-20(23(29)26-24(3,4)5)27(15-18-11-13-19(25)14-12-18)22(28)16-30-21-10-8-7-9-17(21)2/h7-14,20H,6,15-16H2,1-5H3,(H,26,29). The number of aryl methyl sites for hydroxylation is 1. The van der Waals surface area contributed by atoms with Gasteiger partial charge in [0.25, 0.3) is 5.91 Å². The van der Waals surface area contributed by atoms with Crippen molar-refractivity contribution in [2.45, 2.75) is 59.2 Å². The van der Waals surface area contributed by atoms with Crippen LogP contribution in [0.5, 0.6) is 5.75 Å². The Morgan fingerprint density at radius 2 is 1.73 bits per heavy atom. The van der Waals surface area contributed by atoms with Crippen molar-refractivity contribution in [1.82, 2.24) is 10.2 Å². The summed E-state index contributed by atoms with van der Waals surface area (Å²) in [4.78, 5) is 27.5. The van der Waals surface area contributed by atoms with Crippen LogP contribution in [0.4, 0.5) is 4.39 Å². The lowest BCUT2D eigenvalue weighted by atomic mass is 10.1. The minimum absolute atomic E-state index is 0.187. The predicted octanol–water partition coefficient (Wildman–Crippen LogP) is 4.24. The Bertz CT molecular complexity index is 859. The number of halogens is 1. The molecule has 0 aromatic heterocycles. The van der Waals surface area contributed by atoms with Gasteiger partial charge in [-0.15, -0.1) is 0 Å². The third-order valence-corrected chi connectivity index (χ3v) is 4.60. The van der Waals surface area contributed by atoms with E-state index in [0.717, 1.165) is 11.1 Å². The van der Waals surface area contributed by atoms with Crippen molar-refractivity contribution in [1.29, 1.82) is 0 Å². The summed E-state index contributed by atoms with van der Waals surface area (Å²) in [5.74, 6) is -0.258. The fourth-order valence-corrected chi connectivity index (χ4v) is 3.10. The van der Waals surface area contributed by atoms with Crippen LogP contribution in [0.15, 0.2) is 48.5 Å². The van der Waals surface area contributed by atoms with Crippen LogP contribution in [0.3, 0.4) is 0 Å². The molecular formula is C24H31FN2O3. The zero-order valence-corrected chi connectivity index (χ0v) is 18.4. The Hall–Kier alpha value is -2.89. The van der Waals surface area contributed by atoms with Gasteiger partial charge in [0.05, 0.1) is 0 Å². The summed E-state index contributed by atoms with van der Waals surface area (Å²) in [6.45, 7) is 9.45. The molecule has 1 unspecified atom stereocenters. The van der Waals surface area contributed by atoms with Gasteiger partial charge in [-0.3, -0.25) is 9.59 Å². The Labute approximate surface area is 178 Å². The second kappa shape index (κ2) is 10.2. The summed E-state index contributed by atoms with van der Waals surface area (Å²) < 4.78 is 19.0. The Balaban J connectivity index is 2.24. The summed E-state index contributed by atoms with van der Waals surface area (Å²) in [5, 5.41) is 2.95. The van der Waals surface area contributed by atoms with Gasteiger partial charge in [-0.05, 0) is 63.4 Å². The second-order valence-electron chi connectivity index (χ2n) is 8.37. The van der Waals surface area contributed by atoms with E-state index in [-0.39, 0.29) is 30.8 Å². The summed E-state index contributed by atoms with van der Waals surface area (Å²) in [5.41, 5.74) is 1.24. The van der Waals surface area contributed by atoms with Crippen molar-refractivity contribution >= 4 is 11.8 Å². The number of nitrogens with one attached hydrogen (secondary N) is 1. The van der Waals surface area contributed by atoms with Crippen LogP contribution in [0.2, 0.25) is 0 Å². The van der Waals surface area contributed by atoms with Crippen LogP contribution in [-0.4, -0.2) is 34.9 Å². The van der Waals surface area contributed by atoms with Crippen LogP contribution in [0, 0.1) is 12.7 Å². The number of hydrogen-bond donors (Lipinski definition) is 1. The summed E-state index contributed by atoms with van der Waals surface area (Å²) >= 11 is 0. The maximum absolute atomic E-state index is 13.3. The average molecular weight is 415 g/mol. The minimum Gasteiger partial charge on any atom is -0.484 e. The van der Waals surface area contributed by atoms with Gasteiger partial charge >= 0.3 is 0 Å². The fraction of sp³-hybridized carbons (Fsp3) is 0.417. The van der Waals surface area contributed by atoms with E-state index < -0.39 is 11.6 Å². The van der Waals surface area contributed by atoms with Crippen molar-refractivity contribution in [2.24, 2.45) is 0 Å². The second-order valence-corrected chi connectivity index (χ2v) is 8.37. The molecule has 2 aromatic carbocycles. The van der Waals surface area contributed by atoms with Crippen LogP contribution >= 0.6 is 0 Å². The van der Waals surface area contributed by atoms with Gasteiger partial charge in [-0.2, -0.15) is 0 Å². The zero-order valence-electron chi connectivity index (χ0n) is 18.4. The lowest BCUT2D eigenvalue weighted by molar-refractivity contribution is -0.143. The molecule has 0 saturated carbocycles. The van der Waals surface area contributed by atoms with Gasteiger partial charge in [0.15, 0.2) is 6.61 Å². The number of carbonyl (C=O) groups is 2. The van der Waals surface area contributed by atoms with Gasteiger partial charge in [0, 0.05) is 12.1 Å². The molecule has 0 spiro atoms. The molecule has 1 atom stereocenters. The van der Waals surface area contributed by atoms with Crippen LogP contribution in [-0.2, 0) is 16.1 Å². The molecule has 6 heteroatoms. The van der Waals surface area contributed by atoms with Crippen molar-refractivity contribution in [2.75, 3.05) is 6.61 Å². The molecule has 2 rings (SSSR count). The van der Waals surface area contributed by atoms with E-state index in [2.05, 4.69) is 5.32 Å². The van der Waals surface area contributed by atoms with Crippen LogP contribution in [0.1, 0.15) is 45.2 Å². The molecule has 2 amide bonds. The topological polar surface area (TPSA) is 58.6 Å². The van der Waals surface area contributed by atoms with Crippen molar-refractivity contribution in [3.8, 4) is 5.75 Å². The summed E-state index contributed by atoms with van der Waals surface area (Å²) in [6, 6.07) is 12.7. The monoisotopic (exact) mass is 414 g/mol. The summed E-state index contributed by atoms with van der Waals surface area (Å²) in [6.07, 6.45) is 0.444. The SMILES string of the molecule is CCC(C(=O)NC(C)(C)C)N(Cc1ccc(F)cc1)C(=O)COc1ccccc1C. The van der Waals surface area contributed by atoms with E-state index in [0.29, 0.717) is 12.2 Å². The first-order valence-electron chi connectivity index (χ1n) is 10.1. The predicted molar refractivity (Wildman–Crippen MR) is 116 cm³/mol. The molecule has 162 valence electrons. The van der Waals surface area contributed by atoms with Crippen molar-refractivity contribution in [3.05, 3.63) is 65.5 Å². The maximum atomic E-state index is 13.3. The number of carbonyl (C=O) groups excluding carboxylic acids is 2. The molecule has 0 heterocycles. The molecule has 0 aliphatic rings. The minimum atomic E-state index is -0.665. The normalized spacial score (nSPS) is 12.2. The van der Waals surface area contributed by atoms with Gasteiger partial charge < -0.3 is 15.0 Å². The van der Waals surface area contributed by atoms with Gasteiger partial charge in [0.1, 0.15) is 17.6 Å². The lowest BCUT2D eigenvalue weighted by Gasteiger charge is -2.33. The molecule has 2 aromatic rings. The number of benzene rings is 2. The maximum Gasteiger partial charge on any atom is 0.261 e. The number of para-hydroxylation sites is 1. The first-order chi connectivity index (χ1) is 14.1. The number of rotatable bonds is 8. The fourth-order valence-electron chi connectivity index (χ4n) is 3.10. The highest BCUT2D eigenvalue weighted by Gasteiger charge is 2.30.